The number of fused-ring (bicyclic) bond motifs is 1. The molecule has 24 heavy (non-hydrogen) atoms. The van der Waals surface area contributed by atoms with Gasteiger partial charge in [0.25, 0.3) is 5.91 Å². The number of hydrogen-bond acceptors (Lipinski definition) is 4. The molecule has 0 radical (unpaired) electrons. The van der Waals surface area contributed by atoms with E-state index in [4.69, 9.17) is 4.74 Å². The summed E-state index contributed by atoms with van der Waals surface area (Å²) in [6, 6.07) is 3.90. The first-order valence-electron chi connectivity index (χ1n) is 7.98. The number of nitrogens with one attached hydrogen (secondary N) is 1. The molecule has 1 amide bonds. The zero-order valence-electron chi connectivity index (χ0n) is 13.7. The maximum absolute atomic E-state index is 12.8. The molecule has 3 aromatic rings. The molecule has 0 unspecified atom stereocenters. The highest BCUT2D eigenvalue weighted by atomic mass is 16.5. The minimum atomic E-state index is -0.226. The highest BCUT2D eigenvalue weighted by molar-refractivity contribution is 5.93. The molecule has 1 fully saturated rings. The molecule has 0 spiro atoms. The van der Waals surface area contributed by atoms with Gasteiger partial charge in [-0.05, 0) is 25.5 Å². The van der Waals surface area contributed by atoms with E-state index in [0.29, 0.717) is 25.4 Å². The van der Waals surface area contributed by atoms with E-state index >= 15 is 0 Å². The molecule has 124 valence electrons. The van der Waals surface area contributed by atoms with Crippen LogP contribution in [-0.4, -0.2) is 49.9 Å². The molecular formula is C17H19N5O2. The van der Waals surface area contributed by atoms with Crippen LogP contribution in [0.1, 0.15) is 33.7 Å². The standard InChI is InChI=1S/C17H19N5O2/c1-11-3-4-15-20-13(9-22(15)8-11)17(23)21-5-6-24-14(10-21)16-18-7-12(2)19-16/h3-4,7-9,14H,5-6,10H2,1-2H3,(H,18,19)/t14-/m1/s1. The van der Waals surface area contributed by atoms with Crippen molar-refractivity contribution < 1.29 is 9.53 Å². The van der Waals surface area contributed by atoms with Crippen LogP contribution in [0.3, 0.4) is 0 Å². The normalized spacial score (nSPS) is 18.2. The van der Waals surface area contributed by atoms with Crippen LogP contribution in [0.5, 0.6) is 0 Å². The van der Waals surface area contributed by atoms with Gasteiger partial charge in [-0.1, -0.05) is 6.07 Å². The Balaban J connectivity index is 1.56. The number of H-pyrrole nitrogens is 1. The van der Waals surface area contributed by atoms with Crippen LogP contribution in [-0.2, 0) is 4.74 Å². The van der Waals surface area contributed by atoms with Crippen molar-refractivity contribution in [1.82, 2.24) is 24.3 Å². The number of ether oxygens (including phenoxy) is 1. The van der Waals surface area contributed by atoms with Gasteiger partial charge in [0, 0.05) is 30.8 Å². The van der Waals surface area contributed by atoms with Gasteiger partial charge in [0.2, 0.25) is 0 Å². The summed E-state index contributed by atoms with van der Waals surface area (Å²) in [7, 11) is 0. The number of carbonyl (C=O) groups is 1. The van der Waals surface area contributed by atoms with Gasteiger partial charge < -0.3 is 19.0 Å². The van der Waals surface area contributed by atoms with Crippen molar-refractivity contribution in [2.24, 2.45) is 0 Å². The smallest absolute Gasteiger partial charge is 0.274 e. The number of pyridine rings is 1. The van der Waals surface area contributed by atoms with Crippen molar-refractivity contribution in [2.75, 3.05) is 19.7 Å². The molecule has 1 aliphatic rings. The van der Waals surface area contributed by atoms with Crippen molar-refractivity contribution in [1.29, 1.82) is 0 Å². The van der Waals surface area contributed by atoms with Gasteiger partial charge in [-0.15, -0.1) is 0 Å². The van der Waals surface area contributed by atoms with E-state index < -0.39 is 0 Å². The number of imidazole rings is 2. The van der Waals surface area contributed by atoms with Crippen molar-refractivity contribution in [3.8, 4) is 0 Å². The zero-order valence-corrected chi connectivity index (χ0v) is 13.7. The molecule has 0 saturated carbocycles. The molecule has 3 aromatic heterocycles. The maximum Gasteiger partial charge on any atom is 0.274 e. The number of morpholine rings is 1. The molecule has 1 atom stereocenters. The van der Waals surface area contributed by atoms with Gasteiger partial charge in [-0.2, -0.15) is 0 Å². The van der Waals surface area contributed by atoms with Crippen molar-refractivity contribution in [3.05, 3.63) is 53.5 Å². The molecule has 0 bridgehead atoms. The molecule has 0 aliphatic carbocycles. The summed E-state index contributed by atoms with van der Waals surface area (Å²) >= 11 is 0. The number of aryl methyl sites for hydroxylation is 2. The Morgan fingerprint density at radius 1 is 1.33 bits per heavy atom. The van der Waals surface area contributed by atoms with E-state index in [9.17, 15) is 4.79 Å². The Hall–Kier alpha value is -2.67. The molecule has 1 saturated heterocycles. The fourth-order valence-corrected chi connectivity index (χ4v) is 2.96. The number of nitrogens with zero attached hydrogens (tertiary/aromatic N) is 4. The summed E-state index contributed by atoms with van der Waals surface area (Å²) in [6.07, 6.45) is 5.29. The van der Waals surface area contributed by atoms with Crippen molar-refractivity contribution >= 4 is 11.6 Å². The predicted octanol–water partition coefficient (Wildman–Crippen LogP) is 1.89. The van der Waals surface area contributed by atoms with E-state index in [0.717, 1.165) is 22.7 Å². The first kappa shape index (κ1) is 14.9. The Morgan fingerprint density at radius 2 is 2.21 bits per heavy atom. The second-order valence-electron chi connectivity index (χ2n) is 6.16. The van der Waals surface area contributed by atoms with E-state index in [2.05, 4.69) is 15.0 Å². The lowest BCUT2D eigenvalue weighted by Crippen LogP contribution is -2.42. The summed E-state index contributed by atoms with van der Waals surface area (Å²) in [4.78, 5) is 26.5. The monoisotopic (exact) mass is 325 g/mol. The fourth-order valence-electron chi connectivity index (χ4n) is 2.96. The van der Waals surface area contributed by atoms with Crippen LogP contribution in [0.2, 0.25) is 0 Å². The molecule has 4 heterocycles. The molecular weight excluding hydrogens is 306 g/mol. The van der Waals surface area contributed by atoms with Gasteiger partial charge in [0.15, 0.2) is 0 Å². The Morgan fingerprint density at radius 3 is 3.00 bits per heavy atom. The van der Waals surface area contributed by atoms with Gasteiger partial charge in [0.05, 0.1) is 13.2 Å². The lowest BCUT2D eigenvalue weighted by molar-refractivity contribution is -0.0266. The number of hydrogen-bond donors (Lipinski definition) is 1. The molecule has 7 nitrogen and oxygen atoms in total. The summed E-state index contributed by atoms with van der Waals surface area (Å²) in [5.41, 5.74) is 3.33. The third-order valence-electron chi connectivity index (χ3n) is 4.20. The van der Waals surface area contributed by atoms with E-state index in [1.54, 1.807) is 17.3 Å². The molecule has 1 aliphatic heterocycles. The quantitative estimate of drug-likeness (QED) is 0.781. The average molecular weight is 325 g/mol. The first-order chi connectivity index (χ1) is 11.6. The second kappa shape index (κ2) is 5.76. The van der Waals surface area contributed by atoms with Crippen LogP contribution in [0.4, 0.5) is 0 Å². The minimum Gasteiger partial charge on any atom is -0.367 e. The Bertz CT molecular complexity index is 897. The summed E-state index contributed by atoms with van der Waals surface area (Å²) in [5, 5.41) is 0. The maximum atomic E-state index is 12.8. The topological polar surface area (TPSA) is 75.5 Å². The lowest BCUT2D eigenvalue weighted by Gasteiger charge is -2.31. The van der Waals surface area contributed by atoms with Crippen LogP contribution in [0, 0.1) is 13.8 Å². The first-order valence-corrected chi connectivity index (χ1v) is 7.98. The SMILES string of the molecule is Cc1ccc2nc(C(=O)N3CCO[C@@H](c4ncc(C)[nH]4)C3)cn2c1. The van der Waals surface area contributed by atoms with Gasteiger partial charge in [0.1, 0.15) is 23.3 Å². The minimum absolute atomic E-state index is 0.0760. The Labute approximate surface area is 139 Å². The van der Waals surface area contributed by atoms with Crippen LogP contribution in [0.25, 0.3) is 5.65 Å². The fraction of sp³-hybridized carbons (Fsp3) is 0.353. The largest absolute Gasteiger partial charge is 0.367 e. The number of rotatable bonds is 2. The van der Waals surface area contributed by atoms with E-state index in [1.807, 2.05) is 36.6 Å². The highest BCUT2D eigenvalue weighted by Gasteiger charge is 2.28. The molecule has 0 aromatic carbocycles. The molecule has 4 rings (SSSR count). The number of aromatic nitrogens is 4. The highest BCUT2D eigenvalue weighted by Crippen LogP contribution is 2.21. The zero-order chi connectivity index (χ0) is 16.7. The van der Waals surface area contributed by atoms with Gasteiger partial charge in [-0.3, -0.25) is 4.79 Å². The second-order valence-corrected chi connectivity index (χ2v) is 6.16. The Kier molecular flexibility index (Phi) is 3.57. The van der Waals surface area contributed by atoms with Crippen molar-refractivity contribution in [3.63, 3.8) is 0 Å². The number of aromatic amines is 1. The number of amides is 1. The summed E-state index contributed by atoms with van der Waals surface area (Å²) < 4.78 is 7.64. The lowest BCUT2D eigenvalue weighted by atomic mass is 10.2. The predicted molar refractivity (Wildman–Crippen MR) is 87.9 cm³/mol. The third-order valence-corrected chi connectivity index (χ3v) is 4.20. The van der Waals surface area contributed by atoms with Crippen LogP contribution >= 0.6 is 0 Å². The van der Waals surface area contributed by atoms with Crippen molar-refractivity contribution in [2.45, 2.75) is 20.0 Å². The van der Waals surface area contributed by atoms with Crippen LogP contribution in [0.15, 0.2) is 30.7 Å². The third kappa shape index (κ3) is 2.67. The average Bonchev–Trinajstić information content (AvgIpc) is 3.20. The van der Waals surface area contributed by atoms with Crippen LogP contribution < -0.4 is 0 Å². The van der Waals surface area contributed by atoms with Gasteiger partial charge in [-0.25, -0.2) is 9.97 Å². The van der Waals surface area contributed by atoms with E-state index in [-0.39, 0.29) is 12.0 Å². The molecule has 1 N–H and O–H groups in total. The number of carbonyl (C=O) groups excluding carboxylic acids is 1. The van der Waals surface area contributed by atoms with E-state index in [1.165, 1.54) is 0 Å². The van der Waals surface area contributed by atoms with Gasteiger partial charge >= 0.3 is 0 Å². The summed E-state index contributed by atoms with van der Waals surface area (Å²) in [6.45, 7) is 5.48. The molecule has 7 heteroatoms. The summed E-state index contributed by atoms with van der Waals surface area (Å²) in [5.74, 6) is 0.684.